The van der Waals surface area contributed by atoms with Gasteiger partial charge in [-0.3, -0.25) is 0 Å². The average molecular weight is 218 g/mol. The van der Waals surface area contributed by atoms with Gasteiger partial charge in [-0.05, 0) is 34.8 Å². The summed E-state index contributed by atoms with van der Waals surface area (Å²) in [6.45, 7) is 7.25. The molecule has 1 heteroatoms. The van der Waals surface area contributed by atoms with Crippen LogP contribution in [0.4, 0.5) is 0 Å². The summed E-state index contributed by atoms with van der Waals surface area (Å²) in [7, 11) is 0. The minimum absolute atomic E-state index is 0.143. The summed E-state index contributed by atoms with van der Waals surface area (Å²) in [6, 6.07) is 8.45. The molecule has 0 aliphatic heterocycles. The molecule has 0 bridgehead atoms. The minimum atomic E-state index is 0.143. The van der Waals surface area contributed by atoms with Crippen molar-refractivity contribution in [2.75, 3.05) is 0 Å². The highest BCUT2D eigenvalue weighted by atomic mass is 16.3. The Morgan fingerprint density at radius 3 is 2.50 bits per heavy atom. The Hall–Kier alpha value is -0.820. The zero-order chi connectivity index (χ0) is 11.8. The first-order valence-electron chi connectivity index (χ1n) is 6.20. The van der Waals surface area contributed by atoms with E-state index in [0.29, 0.717) is 5.41 Å². The first-order chi connectivity index (χ1) is 7.49. The van der Waals surface area contributed by atoms with Gasteiger partial charge in [-0.25, -0.2) is 0 Å². The van der Waals surface area contributed by atoms with Gasteiger partial charge in [0.2, 0.25) is 0 Å². The maximum atomic E-state index is 9.22. The van der Waals surface area contributed by atoms with E-state index < -0.39 is 0 Å². The van der Waals surface area contributed by atoms with Gasteiger partial charge in [-0.1, -0.05) is 51.5 Å². The van der Waals surface area contributed by atoms with Crippen molar-refractivity contribution in [3.8, 4) is 0 Å². The highest BCUT2D eigenvalue weighted by Crippen LogP contribution is 2.53. The van der Waals surface area contributed by atoms with Gasteiger partial charge in [-0.15, -0.1) is 0 Å². The predicted molar refractivity (Wildman–Crippen MR) is 67.3 cm³/mol. The largest absolute Gasteiger partial charge is 0.392 e. The predicted octanol–water partition coefficient (Wildman–Crippen LogP) is 3.65. The molecule has 1 aliphatic carbocycles. The van der Waals surface area contributed by atoms with Crippen LogP contribution in [0.15, 0.2) is 24.3 Å². The summed E-state index contributed by atoms with van der Waals surface area (Å²) >= 11 is 0. The van der Waals surface area contributed by atoms with E-state index in [9.17, 15) is 5.11 Å². The van der Waals surface area contributed by atoms with Crippen molar-refractivity contribution in [1.82, 2.24) is 0 Å². The van der Waals surface area contributed by atoms with Crippen molar-refractivity contribution < 1.29 is 5.11 Å². The Labute approximate surface area is 98.5 Å². The van der Waals surface area contributed by atoms with Crippen LogP contribution in [0, 0.1) is 5.41 Å². The van der Waals surface area contributed by atoms with E-state index in [-0.39, 0.29) is 12.0 Å². The Balaban J connectivity index is 2.42. The summed E-state index contributed by atoms with van der Waals surface area (Å²) in [5, 5.41) is 9.22. The molecule has 16 heavy (non-hydrogen) atoms. The molecule has 0 heterocycles. The van der Waals surface area contributed by atoms with Gasteiger partial charge in [0.25, 0.3) is 0 Å². The van der Waals surface area contributed by atoms with Gasteiger partial charge in [-0.2, -0.15) is 0 Å². The van der Waals surface area contributed by atoms with E-state index in [1.54, 1.807) is 0 Å². The summed E-state index contributed by atoms with van der Waals surface area (Å²) < 4.78 is 0. The molecule has 1 atom stereocenters. The van der Waals surface area contributed by atoms with Gasteiger partial charge in [0.1, 0.15) is 0 Å². The van der Waals surface area contributed by atoms with Crippen LogP contribution in [0.1, 0.15) is 51.2 Å². The molecule has 1 saturated carbocycles. The lowest BCUT2D eigenvalue weighted by Gasteiger charge is -2.39. The fraction of sp³-hybridized carbons (Fsp3) is 0.600. The highest BCUT2D eigenvalue weighted by molar-refractivity contribution is 5.32. The molecule has 0 saturated heterocycles. The number of rotatable bonds is 2. The van der Waals surface area contributed by atoms with E-state index in [1.165, 1.54) is 24.8 Å². The molecule has 0 radical (unpaired) electrons. The van der Waals surface area contributed by atoms with Gasteiger partial charge in [0.15, 0.2) is 0 Å². The zero-order valence-electron chi connectivity index (χ0n) is 10.6. The zero-order valence-corrected chi connectivity index (χ0v) is 10.6. The Morgan fingerprint density at radius 2 is 1.94 bits per heavy atom. The first kappa shape index (κ1) is 11.7. The molecule has 0 unspecified atom stereocenters. The standard InChI is InChI=1S/C15H22O/c1-14(2)8-5-9-15(14,3)13-7-4-6-12(10-13)11-16/h4,6-7,10,16H,5,8-9,11H2,1-3H3/t15-/m1/s1. The third kappa shape index (κ3) is 1.67. The Morgan fingerprint density at radius 1 is 1.19 bits per heavy atom. The topological polar surface area (TPSA) is 20.2 Å². The Bertz CT molecular complexity index is 381. The number of hydrogen-bond acceptors (Lipinski definition) is 1. The van der Waals surface area contributed by atoms with E-state index in [4.69, 9.17) is 0 Å². The van der Waals surface area contributed by atoms with E-state index in [1.807, 2.05) is 6.07 Å². The molecule has 1 aliphatic rings. The fourth-order valence-electron chi connectivity index (χ4n) is 3.05. The molecule has 1 aromatic rings. The van der Waals surface area contributed by atoms with Gasteiger partial charge < -0.3 is 5.11 Å². The lowest BCUT2D eigenvalue weighted by atomic mass is 9.65. The smallest absolute Gasteiger partial charge is 0.0681 e. The molecule has 0 aromatic heterocycles. The molecule has 1 aromatic carbocycles. The van der Waals surface area contributed by atoms with Crippen LogP contribution in [0.5, 0.6) is 0 Å². The summed E-state index contributed by atoms with van der Waals surface area (Å²) in [4.78, 5) is 0. The highest BCUT2D eigenvalue weighted by Gasteiger charge is 2.45. The number of aliphatic hydroxyl groups is 1. The van der Waals surface area contributed by atoms with Crippen molar-refractivity contribution in [1.29, 1.82) is 0 Å². The van der Waals surface area contributed by atoms with Crippen molar-refractivity contribution in [3.63, 3.8) is 0 Å². The van der Waals surface area contributed by atoms with Crippen LogP contribution >= 0.6 is 0 Å². The average Bonchev–Trinajstić information content (AvgIpc) is 2.55. The lowest BCUT2D eigenvalue weighted by Crippen LogP contribution is -2.34. The summed E-state index contributed by atoms with van der Waals surface area (Å²) in [5.41, 5.74) is 3.04. The maximum absolute atomic E-state index is 9.22. The van der Waals surface area contributed by atoms with Crippen LogP contribution in [0.25, 0.3) is 0 Å². The first-order valence-corrected chi connectivity index (χ1v) is 6.20. The molecule has 1 N–H and O–H groups in total. The summed E-state index contributed by atoms with van der Waals surface area (Å²) in [6.07, 6.45) is 3.87. The fourth-order valence-corrected chi connectivity index (χ4v) is 3.05. The monoisotopic (exact) mass is 218 g/mol. The van der Waals surface area contributed by atoms with Gasteiger partial charge >= 0.3 is 0 Å². The molecular weight excluding hydrogens is 196 g/mol. The summed E-state index contributed by atoms with van der Waals surface area (Å²) in [5.74, 6) is 0. The minimum Gasteiger partial charge on any atom is -0.392 e. The SMILES string of the molecule is CC1(C)CCC[C@]1(C)c1cccc(CO)c1. The van der Waals surface area contributed by atoms with E-state index >= 15 is 0 Å². The van der Waals surface area contributed by atoms with Crippen molar-refractivity contribution in [3.05, 3.63) is 35.4 Å². The number of hydrogen-bond donors (Lipinski definition) is 1. The lowest BCUT2D eigenvalue weighted by molar-refractivity contribution is 0.224. The van der Waals surface area contributed by atoms with Crippen molar-refractivity contribution in [2.45, 2.75) is 52.1 Å². The molecule has 2 rings (SSSR count). The second-order valence-electron chi connectivity index (χ2n) is 5.93. The molecular formula is C15H22O. The van der Waals surface area contributed by atoms with Crippen LogP contribution in [-0.4, -0.2) is 5.11 Å². The third-order valence-electron chi connectivity index (χ3n) is 4.72. The van der Waals surface area contributed by atoms with Gasteiger partial charge in [0.05, 0.1) is 6.61 Å². The second-order valence-corrected chi connectivity index (χ2v) is 5.93. The normalized spacial score (nSPS) is 28.2. The second kappa shape index (κ2) is 3.89. The van der Waals surface area contributed by atoms with Crippen molar-refractivity contribution >= 4 is 0 Å². The third-order valence-corrected chi connectivity index (χ3v) is 4.72. The van der Waals surface area contributed by atoms with Crippen LogP contribution in [0.2, 0.25) is 0 Å². The Kier molecular flexibility index (Phi) is 2.83. The quantitative estimate of drug-likeness (QED) is 0.803. The number of benzene rings is 1. The molecule has 88 valence electrons. The van der Waals surface area contributed by atoms with E-state index in [0.717, 1.165) is 5.56 Å². The maximum Gasteiger partial charge on any atom is 0.0681 e. The van der Waals surface area contributed by atoms with E-state index in [2.05, 4.69) is 39.0 Å². The van der Waals surface area contributed by atoms with Crippen LogP contribution in [-0.2, 0) is 12.0 Å². The molecule has 1 nitrogen and oxygen atoms in total. The molecule has 0 spiro atoms. The van der Waals surface area contributed by atoms with Gasteiger partial charge in [0, 0.05) is 0 Å². The molecule has 1 fully saturated rings. The van der Waals surface area contributed by atoms with Crippen molar-refractivity contribution in [2.24, 2.45) is 5.41 Å². The van der Waals surface area contributed by atoms with Crippen LogP contribution in [0.3, 0.4) is 0 Å². The van der Waals surface area contributed by atoms with Crippen LogP contribution < -0.4 is 0 Å². The molecule has 0 amide bonds. The number of aliphatic hydroxyl groups excluding tert-OH is 1.